The van der Waals surface area contributed by atoms with Crippen molar-refractivity contribution < 1.29 is 9.53 Å². The van der Waals surface area contributed by atoms with Crippen LogP contribution in [0.4, 0.5) is 5.69 Å². The number of methoxy groups -OCH3 is 1. The number of hydrogen-bond acceptors (Lipinski definition) is 3. The van der Waals surface area contributed by atoms with Gasteiger partial charge >= 0.3 is 0 Å². The smallest absolute Gasteiger partial charge is 0.238 e. The van der Waals surface area contributed by atoms with Gasteiger partial charge in [-0.15, -0.1) is 0 Å². The van der Waals surface area contributed by atoms with Gasteiger partial charge in [-0.25, -0.2) is 0 Å². The fraction of sp³-hybridized carbons (Fsp3) is 0.533. The summed E-state index contributed by atoms with van der Waals surface area (Å²) in [5, 5.41) is 6.63. The Kier molecular flexibility index (Phi) is 5.68. The Balaban J connectivity index is 1.80. The number of benzene rings is 1. The van der Waals surface area contributed by atoms with Gasteiger partial charge in [-0.3, -0.25) is 4.79 Å². The van der Waals surface area contributed by atoms with Crippen LogP contribution in [0.15, 0.2) is 18.2 Å². The van der Waals surface area contributed by atoms with Gasteiger partial charge in [0.15, 0.2) is 0 Å². The molecule has 0 bridgehead atoms. The van der Waals surface area contributed by atoms with Crippen LogP contribution in [0.3, 0.4) is 0 Å². The molecule has 20 heavy (non-hydrogen) atoms. The third-order valence-electron chi connectivity index (χ3n) is 3.59. The van der Waals surface area contributed by atoms with E-state index < -0.39 is 0 Å². The molecule has 0 heterocycles. The van der Waals surface area contributed by atoms with Crippen LogP contribution in [0, 0.1) is 0 Å². The number of carbonyl (C=O) groups is 1. The first-order valence-electron chi connectivity index (χ1n) is 7.06. The van der Waals surface area contributed by atoms with Crippen LogP contribution in [0.1, 0.15) is 32.1 Å². The number of anilines is 1. The van der Waals surface area contributed by atoms with Gasteiger partial charge in [-0.2, -0.15) is 0 Å². The molecule has 1 saturated carbocycles. The summed E-state index contributed by atoms with van der Waals surface area (Å²) in [5.41, 5.74) is 0.686. The molecule has 2 N–H and O–H groups in total. The summed E-state index contributed by atoms with van der Waals surface area (Å²) in [6.45, 7) is 0.342. The Morgan fingerprint density at radius 1 is 1.35 bits per heavy atom. The van der Waals surface area contributed by atoms with Gasteiger partial charge in [0.05, 0.1) is 18.7 Å². The highest BCUT2D eigenvalue weighted by atomic mass is 35.5. The molecular weight excluding hydrogens is 276 g/mol. The van der Waals surface area contributed by atoms with Crippen LogP contribution in [-0.4, -0.2) is 25.6 Å². The second kappa shape index (κ2) is 7.50. The summed E-state index contributed by atoms with van der Waals surface area (Å²) >= 11 is 6.02. The van der Waals surface area contributed by atoms with Gasteiger partial charge in [0.25, 0.3) is 0 Å². The van der Waals surface area contributed by atoms with E-state index in [0.29, 0.717) is 29.0 Å². The van der Waals surface area contributed by atoms with E-state index >= 15 is 0 Å². The van der Waals surface area contributed by atoms with Crippen molar-refractivity contribution in [2.45, 2.75) is 38.1 Å². The second-order valence-electron chi connectivity index (χ2n) is 5.11. The van der Waals surface area contributed by atoms with E-state index in [4.69, 9.17) is 16.3 Å². The lowest BCUT2D eigenvalue weighted by atomic mass is 9.95. The molecule has 1 fully saturated rings. The fourth-order valence-corrected chi connectivity index (χ4v) is 2.75. The Hall–Kier alpha value is -1.26. The van der Waals surface area contributed by atoms with Crippen LogP contribution in [0.5, 0.6) is 5.75 Å². The Bertz CT molecular complexity index is 459. The summed E-state index contributed by atoms with van der Waals surface area (Å²) in [7, 11) is 1.56. The quantitative estimate of drug-likeness (QED) is 0.877. The maximum absolute atomic E-state index is 11.9. The van der Waals surface area contributed by atoms with Gasteiger partial charge in [0.2, 0.25) is 5.91 Å². The van der Waals surface area contributed by atoms with Crippen molar-refractivity contribution in [2.24, 2.45) is 0 Å². The fourth-order valence-electron chi connectivity index (χ4n) is 2.49. The Morgan fingerprint density at radius 3 is 2.75 bits per heavy atom. The first kappa shape index (κ1) is 15.1. The lowest BCUT2D eigenvalue weighted by Gasteiger charge is -2.22. The van der Waals surface area contributed by atoms with E-state index in [1.807, 2.05) is 0 Å². The van der Waals surface area contributed by atoms with E-state index in [1.54, 1.807) is 25.3 Å². The van der Waals surface area contributed by atoms with Crippen molar-refractivity contribution in [1.82, 2.24) is 5.32 Å². The zero-order valence-electron chi connectivity index (χ0n) is 11.7. The first-order valence-corrected chi connectivity index (χ1v) is 7.43. The summed E-state index contributed by atoms with van der Waals surface area (Å²) < 4.78 is 5.07. The molecule has 0 atom stereocenters. The van der Waals surface area contributed by atoms with Crippen LogP contribution < -0.4 is 15.4 Å². The van der Waals surface area contributed by atoms with Gasteiger partial charge in [-0.1, -0.05) is 30.9 Å². The molecule has 1 amide bonds. The molecule has 0 radical (unpaired) electrons. The zero-order chi connectivity index (χ0) is 14.4. The summed E-state index contributed by atoms with van der Waals surface area (Å²) in [4.78, 5) is 11.9. The number of halogens is 1. The van der Waals surface area contributed by atoms with E-state index in [1.165, 1.54) is 32.1 Å². The van der Waals surface area contributed by atoms with E-state index in [-0.39, 0.29) is 5.91 Å². The summed E-state index contributed by atoms with van der Waals surface area (Å²) in [6, 6.07) is 5.70. The molecule has 4 nitrogen and oxygen atoms in total. The molecule has 5 heteroatoms. The highest BCUT2D eigenvalue weighted by Gasteiger charge is 2.14. The highest BCUT2D eigenvalue weighted by Crippen LogP contribution is 2.27. The molecular formula is C15H21ClN2O2. The van der Waals surface area contributed by atoms with Crippen LogP contribution in [0.25, 0.3) is 0 Å². The molecule has 110 valence electrons. The van der Waals surface area contributed by atoms with Gasteiger partial charge in [0.1, 0.15) is 5.75 Å². The summed E-state index contributed by atoms with van der Waals surface area (Å²) in [5.74, 6) is 0.557. The predicted octanol–water partition coefficient (Wildman–Crippen LogP) is 3.21. The minimum absolute atomic E-state index is 0.0446. The number of carbonyl (C=O) groups excluding carboxylic acids is 1. The van der Waals surface area contributed by atoms with Crippen molar-refractivity contribution in [3.63, 3.8) is 0 Å². The third kappa shape index (κ3) is 4.39. The van der Waals surface area contributed by atoms with Gasteiger partial charge < -0.3 is 15.4 Å². The van der Waals surface area contributed by atoms with Crippen molar-refractivity contribution in [2.75, 3.05) is 19.0 Å². The lowest BCUT2D eigenvalue weighted by Crippen LogP contribution is -2.37. The minimum atomic E-state index is -0.0446. The molecule has 1 aromatic carbocycles. The molecule has 1 aromatic rings. The standard InChI is InChI=1S/C15H21ClN2O2/c1-20-14-8-7-12(9-13(14)16)18-15(19)10-17-11-5-3-2-4-6-11/h7-9,11,17H,2-6,10H2,1H3,(H,18,19). The number of rotatable bonds is 5. The SMILES string of the molecule is COc1ccc(NC(=O)CNC2CCCCC2)cc1Cl. The second-order valence-corrected chi connectivity index (χ2v) is 5.52. The third-order valence-corrected chi connectivity index (χ3v) is 3.89. The molecule has 1 aliphatic carbocycles. The van der Waals surface area contributed by atoms with Crippen molar-refractivity contribution in [3.8, 4) is 5.75 Å². The molecule has 2 rings (SSSR count). The first-order chi connectivity index (χ1) is 9.69. The maximum atomic E-state index is 11.9. The molecule has 1 aliphatic rings. The number of hydrogen-bond donors (Lipinski definition) is 2. The van der Waals surface area contributed by atoms with Crippen LogP contribution in [-0.2, 0) is 4.79 Å². The van der Waals surface area contributed by atoms with E-state index in [9.17, 15) is 4.79 Å². The monoisotopic (exact) mass is 296 g/mol. The zero-order valence-corrected chi connectivity index (χ0v) is 12.5. The molecule has 0 aliphatic heterocycles. The Labute approximate surface area is 124 Å². The largest absolute Gasteiger partial charge is 0.495 e. The highest BCUT2D eigenvalue weighted by molar-refractivity contribution is 6.32. The lowest BCUT2D eigenvalue weighted by molar-refractivity contribution is -0.115. The molecule has 0 aromatic heterocycles. The maximum Gasteiger partial charge on any atom is 0.238 e. The molecule has 0 unspecified atom stereocenters. The topological polar surface area (TPSA) is 50.4 Å². The number of amides is 1. The normalized spacial score (nSPS) is 15.9. The van der Waals surface area contributed by atoms with Gasteiger partial charge in [0, 0.05) is 11.7 Å². The van der Waals surface area contributed by atoms with Crippen LogP contribution in [0.2, 0.25) is 5.02 Å². The Morgan fingerprint density at radius 2 is 2.10 bits per heavy atom. The number of ether oxygens (including phenoxy) is 1. The minimum Gasteiger partial charge on any atom is -0.495 e. The summed E-state index contributed by atoms with van der Waals surface area (Å²) in [6.07, 6.45) is 6.17. The number of nitrogens with one attached hydrogen (secondary N) is 2. The van der Waals surface area contributed by atoms with Gasteiger partial charge in [-0.05, 0) is 31.0 Å². The van der Waals surface area contributed by atoms with Crippen molar-refractivity contribution >= 4 is 23.2 Å². The predicted molar refractivity (Wildman–Crippen MR) is 81.5 cm³/mol. The van der Waals surface area contributed by atoms with Crippen LogP contribution >= 0.6 is 11.6 Å². The molecule has 0 saturated heterocycles. The molecule has 0 spiro atoms. The van der Waals surface area contributed by atoms with E-state index in [2.05, 4.69) is 10.6 Å². The van der Waals surface area contributed by atoms with E-state index in [0.717, 1.165) is 0 Å². The average molecular weight is 297 g/mol. The average Bonchev–Trinajstić information content (AvgIpc) is 2.46. The van der Waals surface area contributed by atoms with Crippen molar-refractivity contribution in [1.29, 1.82) is 0 Å². The van der Waals surface area contributed by atoms with Crippen molar-refractivity contribution in [3.05, 3.63) is 23.2 Å².